The van der Waals surface area contributed by atoms with Crippen LogP contribution >= 0.6 is 0 Å². The molecule has 0 heterocycles. The van der Waals surface area contributed by atoms with Crippen LogP contribution in [0.3, 0.4) is 0 Å². The van der Waals surface area contributed by atoms with Crippen molar-refractivity contribution in [1.82, 2.24) is 0 Å². The second-order valence-corrected chi connectivity index (χ2v) is 3.90. The zero-order valence-electron chi connectivity index (χ0n) is 8.42. The van der Waals surface area contributed by atoms with Crippen molar-refractivity contribution in [2.75, 3.05) is 0 Å². The Morgan fingerprint density at radius 1 is 1.36 bits per heavy atom. The molecular weight excluding hydrogens is 178 g/mol. The smallest absolute Gasteiger partial charge is 0.405 e. The number of primary amides is 1. The fraction of sp³-hybridized carbons (Fsp3) is 0.727. The monoisotopic (exact) mass is 195 g/mol. The first-order valence-electron chi connectivity index (χ1n) is 5.10. The minimum Gasteiger partial charge on any atom is -0.442 e. The number of rotatable bonds is 2. The lowest BCUT2D eigenvalue weighted by Gasteiger charge is -2.29. The Hall–Kier alpha value is -1.17. The highest BCUT2D eigenvalue weighted by Gasteiger charge is 2.33. The Bertz CT molecular complexity index is 234. The number of hydrogen-bond donors (Lipinski definition) is 1. The second kappa shape index (κ2) is 4.90. The molecular formula is C11H17NO2. The van der Waals surface area contributed by atoms with E-state index in [0.717, 1.165) is 25.7 Å². The molecule has 0 aromatic heterocycles. The highest BCUT2D eigenvalue weighted by molar-refractivity contribution is 5.65. The number of terminal acetylenes is 1. The molecule has 1 aliphatic rings. The molecule has 0 spiro atoms. The van der Waals surface area contributed by atoms with Gasteiger partial charge in [0.1, 0.15) is 5.60 Å². The molecule has 0 aromatic carbocycles. The number of ether oxygens (including phenoxy) is 1. The van der Waals surface area contributed by atoms with Gasteiger partial charge >= 0.3 is 6.09 Å². The van der Waals surface area contributed by atoms with Gasteiger partial charge in [-0.05, 0) is 25.7 Å². The zero-order chi connectivity index (χ0) is 10.4. The number of amides is 1. The van der Waals surface area contributed by atoms with Gasteiger partial charge < -0.3 is 10.5 Å². The maximum absolute atomic E-state index is 10.8. The molecule has 14 heavy (non-hydrogen) atoms. The lowest BCUT2D eigenvalue weighted by atomic mass is 9.91. The fourth-order valence-electron chi connectivity index (χ4n) is 2.09. The van der Waals surface area contributed by atoms with E-state index in [-0.39, 0.29) is 0 Å². The molecule has 0 aliphatic heterocycles. The summed E-state index contributed by atoms with van der Waals surface area (Å²) in [4.78, 5) is 10.8. The van der Waals surface area contributed by atoms with Gasteiger partial charge in [0.15, 0.2) is 0 Å². The Morgan fingerprint density at radius 3 is 2.36 bits per heavy atom. The minimum absolute atomic E-state index is 0.475. The molecule has 1 amide bonds. The molecule has 1 aliphatic carbocycles. The first-order chi connectivity index (χ1) is 6.68. The van der Waals surface area contributed by atoms with E-state index < -0.39 is 11.7 Å². The number of nitrogens with two attached hydrogens (primary N) is 1. The fourth-order valence-corrected chi connectivity index (χ4v) is 2.09. The first kappa shape index (κ1) is 10.9. The van der Waals surface area contributed by atoms with Crippen LogP contribution in [0.25, 0.3) is 0 Å². The Morgan fingerprint density at radius 2 is 1.93 bits per heavy atom. The molecule has 0 bridgehead atoms. The summed E-state index contributed by atoms with van der Waals surface area (Å²) in [5, 5.41) is 0. The number of hydrogen-bond acceptors (Lipinski definition) is 2. The van der Waals surface area contributed by atoms with Crippen molar-refractivity contribution in [3.8, 4) is 12.3 Å². The number of carbonyl (C=O) groups is 1. The summed E-state index contributed by atoms with van der Waals surface area (Å²) < 4.78 is 5.20. The van der Waals surface area contributed by atoms with Crippen LogP contribution in [-0.2, 0) is 4.74 Å². The third kappa shape index (κ3) is 2.95. The third-order valence-electron chi connectivity index (χ3n) is 2.76. The van der Waals surface area contributed by atoms with Crippen LogP contribution in [-0.4, -0.2) is 11.7 Å². The molecule has 78 valence electrons. The molecule has 3 nitrogen and oxygen atoms in total. The maximum atomic E-state index is 10.8. The molecule has 1 saturated carbocycles. The van der Waals surface area contributed by atoms with Crippen LogP contribution in [0.2, 0.25) is 0 Å². The minimum atomic E-state index is -0.706. The first-order valence-corrected chi connectivity index (χ1v) is 5.10. The van der Waals surface area contributed by atoms with Gasteiger partial charge in [0, 0.05) is 6.42 Å². The van der Waals surface area contributed by atoms with E-state index in [1.165, 1.54) is 12.8 Å². The molecule has 0 aromatic rings. The average molecular weight is 195 g/mol. The van der Waals surface area contributed by atoms with Crippen LogP contribution < -0.4 is 5.73 Å². The van der Waals surface area contributed by atoms with Gasteiger partial charge in [-0.2, -0.15) is 0 Å². The van der Waals surface area contributed by atoms with E-state index in [0.29, 0.717) is 6.42 Å². The van der Waals surface area contributed by atoms with Crippen LogP contribution in [0, 0.1) is 12.3 Å². The van der Waals surface area contributed by atoms with Gasteiger partial charge in [-0.15, -0.1) is 12.3 Å². The van der Waals surface area contributed by atoms with E-state index in [1.807, 2.05) is 0 Å². The van der Waals surface area contributed by atoms with Gasteiger partial charge in [-0.25, -0.2) is 4.79 Å². The Labute approximate surface area is 85.0 Å². The lowest BCUT2D eigenvalue weighted by molar-refractivity contribution is 0.00835. The van der Waals surface area contributed by atoms with Gasteiger partial charge in [-0.3, -0.25) is 0 Å². The van der Waals surface area contributed by atoms with E-state index >= 15 is 0 Å². The number of carbonyl (C=O) groups excluding carboxylic acids is 1. The largest absolute Gasteiger partial charge is 0.442 e. The van der Waals surface area contributed by atoms with Crippen molar-refractivity contribution >= 4 is 6.09 Å². The molecule has 3 heteroatoms. The van der Waals surface area contributed by atoms with Gasteiger partial charge in [0.25, 0.3) is 0 Å². The summed E-state index contributed by atoms with van der Waals surface area (Å²) in [5.41, 5.74) is 4.58. The molecule has 1 fully saturated rings. The van der Waals surface area contributed by atoms with E-state index in [1.54, 1.807) is 0 Å². The van der Waals surface area contributed by atoms with Crippen molar-refractivity contribution < 1.29 is 9.53 Å². The summed E-state index contributed by atoms with van der Waals surface area (Å²) in [7, 11) is 0. The maximum Gasteiger partial charge on any atom is 0.405 e. The summed E-state index contributed by atoms with van der Waals surface area (Å²) >= 11 is 0. The van der Waals surface area contributed by atoms with Crippen molar-refractivity contribution in [3.63, 3.8) is 0 Å². The molecule has 2 N–H and O–H groups in total. The third-order valence-corrected chi connectivity index (χ3v) is 2.76. The van der Waals surface area contributed by atoms with Gasteiger partial charge in [-0.1, -0.05) is 12.8 Å². The van der Waals surface area contributed by atoms with E-state index in [2.05, 4.69) is 5.92 Å². The standard InChI is InChI=1S/C11H17NO2/c1-2-7-11(14-10(12)13)8-5-3-4-6-9-11/h1H,3-9H2,(H2,12,13). The normalized spacial score (nSPS) is 20.5. The highest BCUT2D eigenvalue weighted by Crippen LogP contribution is 2.33. The predicted molar refractivity (Wildman–Crippen MR) is 54.6 cm³/mol. The van der Waals surface area contributed by atoms with Gasteiger partial charge in [0.05, 0.1) is 0 Å². The predicted octanol–water partition coefficient (Wildman–Crippen LogP) is 2.20. The molecule has 0 atom stereocenters. The summed E-state index contributed by atoms with van der Waals surface area (Å²) in [5.74, 6) is 2.58. The van der Waals surface area contributed by atoms with E-state index in [9.17, 15) is 4.79 Å². The topological polar surface area (TPSA) is 52.3 Å². The van der Waals surface area contributed by atoms with E-state index in [4.69, 9.17) is 16.9 Å². The van der Waals surface area contributed by atoms with Crippen LogP contribution in [0.4, 0.5) is 4.79 Å². The average Bonchev–Trinajstić information content (AvgIpc) is 2.30. The van der Waals surface area contributed by atoms with Crippen molar-refractivity contribution in [3.05, 3.63) is 0 Å². The molecule has 1 rings (SSSR count). The summed E-state index contributed by atoms with van der Waals surface area (Å²) in [6, 6.07) is 0. The Kier molecular flexibility index (Phi) is 3.82. The lowest BCUT2D eigenvalue weighted by Crippen LogP contribution is -2.36. The summed E-state index contributed by atoms with van der Waals surface area (Å²) in [6.45, 7) is 0. The molecule has 0 unspecified atom stereocenters. The Balaban J connectivity index is 2.67. The summed E-state index contributed by atoms with van der Waals surface area (Å²) in [6.07, 6.45) is 11.3. The van der Waals surface area contributed by atoms with Gasteiger partial charge in [0.2, 0.25) is 0 Å². The highest BCUT2D eigenvalue weighted by atomic mass is 16.6. The molecule has 0 radical (unpaired) electrons. The van der Waals surface area contributed by atoms with Crippen molar-refractivity contribution in [2.45, 2.75) is 50.5 Å². The second-order valence-electron chi connectivity index (χ2n) is 3.90. The molecule has 0 saturated heterocycles. The van der Waals surface area contributed by atoms with Crippen molar-refractivity contribution in [2.24, 2.45) is 5.73 Å². The zero-order valence-corrected chi connectivity index (χ0v) is 8.42. The quantitative estimate of drug-likeness (QED) is 0.542. The van der Waals surface area contributed by atoms with Crippen molar-refractivity contribution in [1.29, 1.82) is 0 Å². The van der Waals surface area contributed by atoms with Crippen LogP contribution in [0.15, 0.2) is 0 Å². The van der Waals surface area contributed by atoms with Crippen LogP contribution in [0.1, 0.15) is 44.9 Å². The van der Waals surface area contributed by atoms with Crippen LogP contribution in [0.5, 0.6) is 0 Å². The SMILES string of the molecule is C#CCC1(OC(N)=O)CCCCCC1.